The monoisotopic (exact) mass is 276 g/mol. The fraction of sp³-hybridized carbons (Fsp3) is 0.500. The van der Waals surface area contributed by atoms with Gasteiger partial charge in [-0.05, 0) is 5.56 Å². The van der Waals surface area contributed by atoms with Crippen LogP contribution >= 0.6 is 0 Å². The molecule has 1 aromatic carbocycles. The molecule has 3 rings (SSSR count). The van der Waals surface area contributed by atoms with Crippen molar-refractivity contribution in [3.8, 4) is 0 Å². The Morgan fingerprint density at radius 2 is 1.70 bits per heavy atom. The third kappa shape index (κ3) is 2.94. The van der Waals surface area contributed by atoms with E-state index in [1.807, 2.05) is 18.2 Å². The molecule has 2 aliphatic heterocycles. The molecule has 20 heavy (non-hydrogen) atoms. The lowest BCUT2D eigenvalue weighted by Crippen LogP contribution is -2.34. The third-order valence-electron chi connectivity index (χ3n) is 3.70. The zero-order valence-electron chi connectivity index (χ0n) is 11.4. The van der Waals surface area contributed by atoms with Crippen molar-refractivity contribution in [3.63, 3.8) is 0 Å². The van der Waals surface area contributed by atoms with Crippen LogP contribution in [0, 0.1) is 0 Å². The largest absolute Gasteiger partial charge is 0.370 e. The van der Waals surface area contributed by atoms with E-state index in [0.29, 0.717) is 26.4 Å². The van der Waals surface area contributed by atoms with Crippen molar-refractivity contribution in [1.82, 2.24) is 0 Å². The summed E-state index contributed by atoms with van der Waals surface area (Å²) in [6.45, 7) is 5.89. The molecule has 0 spiro atoms. The second-order valence-electron chi connectivity index (χ2n) is 5.09. The Bertz CT molecular complexity index is 433. The Kier molecular flexibility index (Phi) is 4.47. The maximum absolute atomic E-state index is 5.93. The van der Waals surface area contributed by atoms with Crippen molar-refractivity contribution in [2.45, 2.75) is 31.0 Å². The van der Waals surface area contributed by atoms with Gasteiger partial charge in [0, 0.05) is 0 Å². The van der Waals surface area contributed by atoms with Crippen molar-refractivity contribution in [2.75, 3.05) is 19.8 Å². The molecule has 2 fully saturated rings. The number of ether oxygens (including phenoxy) is 4. The van der Waals surface area contributed by atoms with E-state index < -0.39 is 0 Å². The predicted octanol–water partition coefficient (Wildman–Crippen LogP) is 1.94. The average molecular weight is 276 g/mol. The Hall–Kier alpha value is -1.20. The number of rotatable bonds is 6. The van der Waals surface area contributed by atoms with Crippen LogP contribution < -0.4 is 0 Å². The first kappa shape index (κ1) is 13.8. The highest BCUT2D eigenvalue weighted by Crippen LogP contribution is 2.30. The van der Waals surface area contributed by atoms with E-state index in [0.717, 1.165) is 5.56 Å². The van der Waals surface area contributed by atoms with Crippen LogP contribution in [-0.4, -0.2) is 44.2 Å². The first-order valence-electron chi connectivity index (χ1n) is 6.99. The maximum atomic E-state index is 5.93. The summed E-state index contributed by atoms with van der Waals surface area (Å²) in [5.41, 5.74) is 1.16. The van der Waals surface area contributed by atoms with Crippen molar-refractivity contribution >= 4 is 0 Å². The van der Waals surface area contributed by atoms with Crippen LogP contribution in [-0.2, 0) is 25.6 Å². The summed E-state index contributed by atoms with van der Waals surface area (Å²) in [7, 11) is 0. The zero-order valence-corrected chi connectivity index (χ0v) is 11.4. The molecule has 0 N–H and O–H groups in total. The molecule has 2 aliphatic rings. The van der Waals surface area contributed by atoms with Gasteiger partial charge in [0.25, 0.3) is 0 Å². The van der Waals surface area contributed by atoms with Gasteiger partial charge in [0.15, 0.2) is 0 Å². The topological polar surface area (TPSA) is 36.9 Å². The minimum Gasteiger partial charge on any atom is -0.370 e. The molecule has 0 radical (unpaired) electrons. The minimum atomic E-state index is -0.0199. The van der Waals surface area contributed by atoms with Gasteiger partial charge in [-0.3, -0.25) is 0 Å². The second-order valence-corrected chi connectivity index (χ2v) is 5.09. The fourth-order valence-corrected chi connectivity index (χ4v) is 2.68. The van der Waals surface area contributed by atoms with Gasteiger partial charge in [-0.15, -0.1) is 6.58 Å². The van der Waals surface area contributed by atoms with E-state index in [9.17, 15) is 0 Å². The number of fused-ring (bicyclic) bond motifs is 1. The summed E-state index contributed by atoms with van der Waals surface area (Å²) in [6.07, 6.45) is 1.68. The highest BCUT2D eigenvalue weighted by atomic mass is 16.6. The average Bonchev–Trinajstić information content (AvgIpc) is 3.06. The van der Waals surface area contributed by atoms with Gasteiger partial charge >= 0.3 is 0 Å². The molecule has 0 aromatic heterocycles. The van der Waals surface area contributed by atoms with E-state index in [1.165, 1.54) is 0 Å². The molecule has 0 saturated carbocycles. The summed E-state index contributed by atoms with van der Waals surface area (Å²) in [4.78, 5) is 0. The van der Waals surface area contributed by atoms with Crippen molar-refractivity contribution in [1.29, 1.82) is 0 Å². The SMILES string of the molecule is C=CCO[C@@H]1CO[C@@H]2[C@H]1OC[C@H]2OCc1ccccc1. The van der Waals surface area contributed by atoms with Crippen molar-refractivity contribution in [2.24, 2.45) is 0 Å². The first-order valence-corrected chi connectivity index (χ1v) is 6.99. The Morgan fingerprint density at radius 3 is 2.35 bits per heavy atom. The molecule has 4 atom stereocenters. The van der Waals surface area contributed by atoms with E-state index in [2.05, 4.69) is 18.7 Å². The smallest absolute Gasteiger partial charge is 0.115 e. The lowest BCUT2D eigenvalue weighted by Gasteiger charge is -2.17. The van der Waals surface area contributed by atoms with E-state index >= 15 is 0 Å². The Morgan fingerprint density at radius 1 is 1.05 bits per heavy atom. The number of hydrogen-bond acceptors (Lipinski definition) is 4. The van der Waals surface area contributed by atoms with Crippen molar-refractivity contribution < 1.29 is 18.9 Å². The number of hydrogen-bond donors (Lipinski definition) is 0. The van der Waals surface area contributed by atoms with Gasteiger partial charge in [0.2, 0.25) is 0 Å². The molecule has 2 heterocycles. The van der Waals surface area contributed by atoms with Gasteiger partial charge in [-0.25, -0.2) is 0 Å². The Labute approximate surface area is 119 Å². The first-order chi connectivity index (χ1) is 9.88. The second kappa shape index (κ2) is 6.50. The van der Waals surface area contributed by atoms with Crippen LogP contribution in [0.4, 0.5) is 0 Å². The molecule has 4 nitrogen and oxygen atoms in total. The summed E-state index contributed by atoms with van der Waals surface area (Å²) in [5, 5.41) is 0. The summed E-state index contributed by atoms with van der Waals surface area (Å²) in [5.74, 6) is 0. The highest BCUT2D eigenvalue weighted by molar-refractivity contribution is 5.13. The lowest BCUT2D eigenvalue weighted by molar-refractivity contribution is -0.0510. The Balaban J connectivity index is 1.52. The summed E-state index contributed by atoms with van der Waals surface area (Å²) >= 11 is 0. The van der Waals surface area contributed by atoms with Crippen LogP contribution in [0.2, 0.25) is 0 Å². The molecule has 0 unspecified atom stereocenters. The predicted molar refractivity (Wildman–Crippen MR) is 74.4 cm³/mol. The molecule has 108 valence electrons. The van der Waals surface area contributed by atoms with Gasteiger partial charge in [-0.1, -0.05) is 36.4 Å². The quantitative estimate of drug-likeness (QED) is 0.744. The molecule has 1 aromatic rings. The maximum Gasteiger partial charge on any atom is 0.115 e. The summed E-state index contributed by atoms with van der Waals surface area (Å²) < 4.78 is 23.1. The molecular weight excluding hydrogens is 256 g/mol. The van der Waals surface area contributed by atoms with E-state index in [-0.39, 0.29) is 24.4 Å². The molecule has 2 saturated heterocycles. The van der Waals surface area contributed by atoms with Crippen LogP contribution in [0.3, 0.4) is 0 Å². The zero-order chi connectivity index (χ0) is 13.8. The van der Waals surface area contributed by atoms with Crippen LogP contribution in [0.15, 0.2) is 43.0 Å². The normalized spacial score (nSPS) is 32.2. The molecule has 4 heteroatoms. The molecule has 0 aliphatic carbocycles. The van der Waals surface area contributed by atoms with Crippen molar-refractivity contribution in [3.05, 3.63) is 48.6 Å². The van der Waals surface area contributed by atoms with Crippen LogP contribution in [0.25, 0.3) is 0 Å². The highest BCUT2D eigenvalue weighted by Gasteiger charge is 2.48. The minimum absolute atomic E-state index is 0.0108. The van der Waals surface area contributed by atoms with E-state index in [1.54, 1.807) is 6.08 Å². The van der Waals surface area contributed by atoms with Crippen LogP contribution in [0.5, 0.6) is 0 Å². The van der Waals surface area contributed by atoms with Gasteiger partial charge in [0.05, 0.1) is 26.4 Å². The van der Waals surface area contributed by atoms with Gasteiger partial charge < -0.3 is 18.9 Å². The molecular formula is C16H20O4. The van der Waals surface area contributed by atoms with Gasteiger partial charge in [-0.2, -0.15) is 0 Å². The molecule has 0 bridgehead atoms. The third-order valence-corrected chi connectivity index (χ3v) is 3.70. The standard InChI is InChI=1S/C16H20O4/c1-2-8-17-13-10-19-16-14(11-20-15(13)16)18-9-12-6-4-3-5-7-12/h2-7,13-16H,1,8-11H2/t13-,14-,15+,16+/m1/s1. The van der Waals surface area contributed by atoms with Crippen LogP contribution in [0.1, 0.15) is 5.56 Å². The number of benzene rings is 1. The fourth-order valence-electron chi connectivity index (χ4n) is 2.68. The molecule has 0 amide bonds. The van der Waals surface area contributed by atoms with Gasteiger partial charge in [0.1, 0.15) is 24.4 Å². The lowest BCUT2D eigenvalue weighted by atomic mass is 10.1. The van der Waals surface area contributed by atoms with E-state index in [4.69, 9.17) is 18.9 Å². The summed E-state index contributed by atoms with van der Waals surface area (Å²) in [6, 6.07) is 10.1.